The molecule has 1 fully saturated rings. The van der Waals surface area contributed by atoms with Crippen LogP contribution in [0.25, 0.3) is 0 Å². The minimum absolute atomic E-state index is 0.113. The fourth-order valence-electron chi connectivity index (χ4n) is 2.46. The second-order valence-corrected chi connectivity index (χ2v) is 5.10. The zero-order valence-electron chi connectivity index (χ0n) is 11.8. The minimum Gasteiger partial charge on any atom is -0.469 e. The first kappa shape index (κ1) is 15.5. The van der Waals surface area contributed by atoms with Gasteiger partial charge in [0.25, 0.3) is 0 Å². The van der Waals surface area contributed by atoms with Crippen molar-refractivity contribution in [3.8, 4) is 0 Å². The summed E-state index contributed by atoms with van der Waals surface area (Å²) >= 11 is 5.78. The van der Waals surface area contributed by atoms with Crippen molar-refractivity contribution in [3.63, 3.8) is 0 Å². The molecule has 1 aromatic rings. The lowest BCUT2D eigenvalue weighted by molar-refractivity contribution is -0.150. The largest absolute Gasteiger partial charge is 0.469 e. The van der Waals surface area contributed by atoms with Crippen molar-refractivity contribution in [1.29, 1.82) is 0 Å². The van der Waals surface area contributed by atoms with Gasteiger partial charge in [-0.15, -0.1) is 0 Å². The molecule has 0 bridgehead atoms. The summed E-state index contributed by atoms with van der Waals surface area (Å²) in [5, 5.41) is 0.113. The van der Waals surface area contributed by atoms with Crippen LogP contribution in [-0.4, -0.2) is 49.2 Å². The fraction of sp³-hybridized carbons (Fsp3) is 0.538. The molecule has 114 valence electrons. The molecule has 21 heavy (non-hydrogen) atoms. The molecule has 0 N–H and O–H groups in total. The first-order valence-corrected chi connectivity index (χ1v) is 6.82. The van der Waals surface area contributed by atoms with Crippen LogP contribution < -0.4 is 4.90 Å². The van der Waals surface area contributed by atoms with E-state index in [1.807, 2.05) is 4.90 Å². The molecule has 0 radical (unpaired) electrons. The van der Waals surface area contributed by atoms with E-state index in [4.69, 9.17) is 21.1 Å². The number of nitrogens with zero attached hydrogens (tertiary/aromatic N) is 3. The second-order valence-electron chi connectivity index (χ2n) is 4.76. The number of esters is 2. The Bertz CT molecular complexity index is 516. The van der Waals surface area contributed by atoms with Crippen LogP contribution in [0.15, 0.2) is 12.3 Å². The van der Waals surface area contributed by atoms with Crippen molar-refractivity contribution in [2.75, 3.05) is 32.2 Å². The third kappa shape index (κ3) is 3.60. The average Bonchev–Trinajstić information content (AvgIpc) is 2.52. The summed E-state index contributed by atoms with van der Waals surface area (Å²) in [4.78, 5) is 33.4. The van der Waals surface area contributed by atoms with E-state index in [2.05, 4.69) is 9.97 Å². The molecule has 2 atom stereocenters. The molecule has 0 saturated carbocycles. The molecule has 0 spiro atoms. The maximum absolute atomic E-state index is 11.8. The van der Waals surface area contributed by atoms with E-state index in [0.29, 0.717) is 25.3 Å². The Labute approximate surface area is 127 Å². The predicted molar refractivity (Wildman–Crippen MR) is 74.9 cm³/mol. The molecule has 1 aromatic heterocycles. The van der Waals surface area contributed by atoms with Crippen molar-refractivity contribution < 1.29 is 19.1 Å². The average molecular weight is 314 g/mol. The van der Waals surface area contributed by atoms with Gasteiger partial charge in [0.05, 0.1) is 26.1 Å². The number of rotatable bonds is 3. The summed E-state index contributed by atoms with van der Waals surface area (Å²) in [6, 6.07) is 1.68. The minimum atomic E-state index is -0.415. The number of piperidine rings is 1. The highest BCUT2D eigenvalue weighted by Gasteiger charge is 2.36. The number of carbonyl (C=O) groups excluding carboxylic acids is 2. The molecule has 2 rings (SSSR count). The lowest BCUT2D eigenvalue weighted by Gasteiger charge is -2.36. The molecular formula is C13H16ClN3O4. The third-order valence-electron chi connectivity index (χ3n) is 3.46. The fourth-order valence-corrected chi connectivity index (χ4v) is 2.61. The highest BCUT2D eigenvalue weighted by atomic mass is 35.5. The van der Waals surface area contributed by atoms with Crippen LogP contribution in [0.4, 0.5) is 5.82 Å². The van der Waals surface area contributed by atoms with Gasteiger partial charge in [0.1, 0.15) is 5.82 Å². The van der Waals surface area contributed by atoms with Crippen molar-refractivity contribution in [2.24, 2.45) is 11.8 Å². The van der Waals surface area contributed by atoms with E-state index in [9.17, 15) is 9.59 Å². The Hall–Kier alpha value is -1.89. The number of ether oxygens (including phenoxy) is 2. The summed E-state index contributed by atoms with van der Waals surface area (Å²) in [5.41, 5.74) is 0. The number of methoxy groups -OCH3 is 2. The summed E-state index contributed by atoms with van der Waals surface area (Å²) < 4.78 is 9.57. The monoisotopic (exact) mass is 313 g/mol. The van der Waals surface area contributed by atoms with Crippen molar-refractivity contribution in [1.82, 2.24) is 9.97 Å². The van der Waals surface area contributed by atoms with E-state index in [0.717, 1.165) is 0 Å². The Morgan fingerprint density at radius 1 is 1.24 bits per heavy atom. The van der Waals surface area contributed by atoms with Gasteiger partial charge in [-0.3, -0.25) is 9.59 Å². The van der Waals surface area contributed by atoms with E-state index in [-0.39, 0.29) is 17.2 Å². The van der Waals surface area contributed by atoms with Gasteiger partial charge in [0.2, 0.25) is 5.28 Å². The molecule has 7 nitrogen and oxygen atoms in total. The Balaban J connectivity index is 2.23. The lowest BCUT2D eigenvalue weighted by Crippen LogP contribution is -2.46. The van der Waals surface area contributed by atoms with E-state index in [1.54, 1.807) is 6.07 Å². The van der Waals surface area contributed by atoms with E-state index < -0.39 is 11.8 Å². The summed E-state index contributed by atoms with van der Waals surface area (Å²) in [7, 11) is 2.66. The topological polar surface area (TPSA) is 81.6 Å². The van der Waals surface area contributed by atoms with E-state index >= 15 is 0 Å². The number of aromatic nitrogens is 2. The maximum atomic E-state index is 11.8. The molecule has 1 saturated heterocycles. The standard InChI is InChI=1S/C13H16ClN3O4/c1-20-11(18)8-5-9(12(19)21-2)7-17(6-8)10-3-4-15-13(14)16-10/h3-4,8-9H,5-7H2,1-2H3/t8-,9+. The predicted octanol–water partition coefficient (Wildman–Crippen LogP) is 0.918. The number of anilines is 1. The zero-order valence-corrected chi connectivity index (χ0v) is 12.5. The van der Waals surface area contributed by atoms with Crippen molar-refractivity contribution in [2.45, 2.75) is 6.42 Å². The van der Waals surface area contributed by atoms with Gasteiger partial charge in [-0.05, 0) is 24.1 Å². The van der Waals surface area contributed by atoms with Gasteiger partial charge in [-0.25, -0.2) is 9.97 Å². The third-order valence-corrected chi connectivity index (χ3v) is 3.64. The molecule has 0 amide bonds. The quantitative estimate of drug-likeness (QED) is 0.606. The molecule has 2 heterocycles. The summed E-state index contributed by atoms with van der Waals surface area (Å²) in [6.45, 7) is 0.820. The molecule has 8 heteroatoms. The van der Waals surface area contributed by atoms with Crippen LogP contribution in [0.5, 0.6) is 0 Å². The van der Waals surface area contributed by atoms with Crippen LogP contribution in [0.2, 0.25) is 5.28 Å². The lowest BCUT2D eigenvalue weighted by atomic mass is 9.89. The molecule has 0 aliphatic carbocycles. The SMILES string of the molecule is COC(=O)[C@@H]1C[C@H](C(=O)OC)CN(c2ccnc(Cl)n2)C1. The van der Waals surface area contributed by atoms with Gasteiger partial charge < -0.3 is 14.4 Å². The van der Waals surface area contributed by atoms with Crippen molar-refractivity contribution in [3.05, 3.63) is 17.5 Å². The smallest absolute Gasteiger partial charge is 0.310 e. The highest BCUT2D eigenvalue weighted by molar-refractivity contribution is 6.28. The molecule has 0 unspecified atom stereocenters. The number of hydrogen-bond donors (Lipinski definition) is 0. The molecule has 0 aromatic carbocycles. The second kappa shape index (κ2) is 6.71. The Morgan fingerprint density at radius 2 is 1.81 bits per heavy atom. The van der Waals surface area contributed by atoms with Gasteiger partial charge in [-0.2, -0.15) is 0 Å². The van der Waals surface area contributed by atoms with Crippen LogP contribution in [0.1, 0.15) is 6.42 Å². The zero-order chi connectivity index (χ0) is 15.4. The first-order chi connectivity index (χ1) is 10.0. The summed E-state index contributed by atoms with van der Waals surface area (Å²) in [6.07, 6.45) is 1.92. The van der Waals surface area contributed by atoms with Crippen LogP contribution >= 0.6 is 11.6 Å². The Morgan fingerprint density at radius 3 is 2.29 bits per heavy atom. The Kier molecular flexibility index (Phi) is 4.95. The number of hydrogen-bond acceptors (Lipinski definition) is 7. The number of carbonyl (C=O) groups is 2. The maximum Gasteiger partial charge on any atom is 0.310 e. The molecular weight excluding hydrogens is 298 g/mol. The first-order valence-electron chi connectivity index (χ1n) is 6.44. The van der Waals surface area contributed by atoms with Gasteiger partial charge in [0, 0.05) is 19.3 Å². The summed E-state index contributed by atoms with van der Waals surface area (Å²) in [5.74, 6) is -0.969. The molecule has 1 aliphatic heterocycles. The number of halogens is 1. The molecule has 1 aliphatic rings. The van der Waals surface area contributed by atoms with Crippen LogP contribution in [0, 0.1) is 11.8 Å². The highest BCUT2D eigenvalue weighted by Crippen LogP contribution is 2.27. The van der Waals surface area contributed by atoms with E-state index in [1.165, 1.54) is 20.4 Å². The van der Waals surface area contributed by atoms with Crippen LogP contribution in [-0.2, 0) is 19.1 Å². The normalized spacial score (nSPS) is 21.8. The van der Waals surface area contributed by atoms with Gasteiger partial charge in [-0.1, -0.05) is 0 Å². The van der Waals surface area contributed by atoms with Gasteiger partial charge in [0.15, 0.2) is 0 Å². The van der Waals surface area contributed by atoms with Gasteiger partial charge >= 0.3 is 11.9 Å². The van der Waals surface area contributed by atoms with Crippen molar-refractivity contribution >= 4 is 29.4 Å². The van der Waals surface area contributed by atoms with Crippen LogP contribution in [0.3, 0.4) is 0 Å².